The Morgan fingerprint density at radius 2 is 2.00 bits per heavy atom. The Bertz CT molecular complexity index is 297. The minimum atomic E-state index is -0.943. The van der Waals surface area contributed by atoms with Crippen molar-refractivity contribution in [3.8, 4) is 0 Å². The molecule has 0 amide bonds. The van der Waals surface area contributed by atoms with Crippen LogP contribution < -0.4 is 0 Å². The van der Waals surface area contributed by atoms with Gasteiger partial charge in [0.1, 0.15) is 5.82 Å². The highest BCUT2D eigenvalue weighted by Gasteiger charge is 2.17. The van der Waals surface area contributed by atoms with E-state index in [1.807, 2.05) is 0 Å². The van der Waals surface area contributed by atoms with E-state index >= 15 is 0 Å². The summed E-state index contributed by atoms with van der Waals surface area (Å²) in [5, 5.41) is 8.75. The van der Waals surface area contributed by atoms with Gasteiger partial charge in [0.25, 0.3) is 0 Å². The molecule has 0 bridgehead atoms. The number of aliphatic carboxylic acids is 1. The van der Waals surface area contributed by atoms with E-state index in [0.29, 0.717) is 5.56 Å². The zero-order valence-corrected chi connectivity index (χ0v) is 7.67. The Balaban J connectivity index is 2.92. The molecule has 70 valence electrons. The van der Waals surface area contributed by atoms with Gasteiger partial charge in [-0.1, -0.05) is 12.1 Å². The average molecular weight is 200 g/mol. The van der Waals surface area contributed by atoms with Crippen molar-refractivity contribution in [2.24, 2.45) is 0 Å². The summed E-state index contributed by atoms with van der Waals surface area (Å²) in [6, 6.07) is 5.41. The van der Waals surface area contributed by atoms with Crippen LogP contribution in [0.15, 0.2) is 24.3 Å². The lowest BCUT2D eigenvalue weighted by atomic mass is 10.0. The summed E-state index contributed by atoms with van der Waals surface area (Å²) >= 11 is 3.92. The van der Waals surface area contributed by atoms with E-state index in [-0.39, 0.29) is 11.6 Å². The molecule has 2 nitrogen and oxygen atoms in total. The fraction of sp³-hybridized carbons (Fsp3) is 0.222. The van der Waals surface area contributed by atoms with Crippen molar-refractivity contribution in [3.63, 3.8) is 0 Å². The first-order valence-corrected chi connectivity index (χ1v) is 4.37. The topological polar surface area (TPSA) is 37.3 Å². The number of carboxylic acids is 1. The highest BCUT2D eigenvalue weighted by molar-refractivity contribution is 7.80. The highest BCUT2D eigenvalue weighted by atomic mass is 32.1. The maximum absolute atomic E-state index is 12.5. The van der Waals surface area contributed by atoms with Gasteiger partial charge in [-0.15, -0.1) is 0 Å². The molecule has 0 fully saturated rings. The molecular formula is C9H9FO2S. The Hall–Kier alpha value is -1.03. The first kappa shape index (κ1) is 10.1. The fourth-order valence-electron chi connectivity index (χ4n) is 1.02. The molecule has 0 aliphatic heterocycles. The molecule has 0 aliphatic carbocycles. The van der Waals surface area contributed by atoms with Gasteiger partial charge in [-0.3, -0.25) is 4.79 Å². The lowest BCUT2D eigenvalue weighted by molar-refractivity contribution is -0.138. The minimum absolute atomic E-state index is 0.209. The molecule has 1 rings (SSSR count). The van der Waals surface area contributed by atoms with Gasteiger partial charge in [-0.05, 0) is 17.7 Å². The summed E-state index contributed by atoms with van der Waals surface area (Å²) in [4.78, 5) is 10.7. The molecule has 0 aromatic heterocycles. The molecule has 1 atom stereocenters. The molecule has 1 aromatic carbocycles. The van der Waals surface area contributed by atoms with E-state index in [1.165, 1.54) is 24.3 Å². The van der Waals surface area contributed by atoms with Gasteiger partial charge >= 0.3 is 5.97 Å². The molecule has 4 heteroatoms. The molecule has 13 heavy (non-hydrogen) atoms. The quantitative estimate of drug-likeness (QED) is 0.731. The van der Waals surface area contributed by atoms with Crippen molar-refractivity contribution < 1.29 is 14.3 Å². The zero-order valence-electron chi connectivity index (χ0n) is 6.77. The predicted octanol–water partition coefficient (Wildman–Crippen LogP) is 1.92. The van der Waals surface area contributed by atoms with Crippen LogP contribution in [-0.4, -0.2) is 16.8 Å². The second-order valence-corrected chi connectivity index (χ2v) is 2.99. The second kappa shape index (κ2) is 4.28. The van der Waals surface area contributed by atoms with Gasteiger partial charge in [-0.25, -0.2) is 4.39 Å². The van der Waals surface area contributed by atoms with Crippen molar-refractivity contribution in [2.75, 3.05) is 5.75 Å². The number of benzene rings is 1. The maximum Gasteiger partial charge on any atom is 0.311 e. The zero-order chi connectivity index (χ0) is 9.84. The van der Waals surface area contributed by atoms with Crippen LogP contribution in [0.5, 0.6) is 0 Å². The SMILES string of the molecule is O=C(O)C(CS)c1ccc(F)cc1. The summed E-state index contributed by atoms with van der Waals surface area (Å²) in [7, 11) is 0. The van der Waals surface area contributed by atoms with Crippen LogP contribution in [0.3, 0.4) is 0 Å². The van der Waals surface area contributed by atoms with Crippen LogP contribution in [0.2, 0.25) is 0 Å². The van der Waals surface area contributed by atoms with Crippen molar-refractivity contribution in [1.82, 2.24) is 0 Å². The lowest BCUT2D eigenvalue weighted by Crippen LogP contribution is -2.12. The van der Waals surface area contributed by atoms with Gasteiger partial charge in [0, 0.05) is 5.75 Å². The predicted molar refractivity (Wildman–Crippen MR) is 50.6 cm³/mol. The average Bonchev–Trinajstić information content (AvgIpc) is 2.09. The van der Waals surface area contributed by atoms with E-state index in [2.05, 4.69) is 12.6 Å². The van der Waals surface area contributed by atoms with Crippen molar-refractivity contribution in [2.45, 2.75) is 5.92 Å². The standard InChI is InChI=1S/C9H9FO2S/c10-7-3-1-6(2-4-7)8(5-13)9(11)12/h1-4,8,13H,5H2,(H,11,12). The van der Waals surface area contributed by atoms with E-state index in [9.17, 15) is 9.18 Å². The van der Waals surface area contributed by atoms with Crippen LogP contribution in [0.4, 0.5) is 4.39 Å². The number of thiol groups is 1. The van der Waals surface area contributed by atoms with Crippen LogP contribution in [-0.2, 0) is 4.79 Å². The van der Waals surface area contributed by atoms with E-state index in [0.717, 1.165) is 0 Å². The summed E-state index contributed by atoms with van der Waals surface area (Å²) in [5.74, 6) is -1.77. The second-order valence-electron chi connectivity index (χ2n) is 2.62. The maximum atomic E-state index is 12.5. The molecule has 1 N–H and O–H groups in total. The van der Waals surface area contributed by atoms with Gasteiger partial charge in [0.15, 0.2) is 0 Å². The van der Waals surface area contributed by atoms with E-state index in [4.69, 9.17) is 5.11 Å². The number of halogens is 1. The van der Waals surface area contributed by atoms with E-state index in [1.54, 1.807) is 0 Å². The molecular weight excluding hydrogens is 191 g/mol. The lowest BCUT2D eigenvalue weighted by Gasteiger charge is -2.08. The third-order valence-electron chi connectivity index (χ3n) is 1.75. The largest absolute Gasteiger partial charge is 0.481 e. The summed E-state index contributed by atoms with van der Waals surface area (Å²) in [5.41, 5.74) is 0.573. The van der Waals surface area contributed by atoms with Crippen molar-refractivity contribution in [3.05, 3.63) is 35.6 Å². The van der Waals surface area contributed by atoms with Gasteiger partial charge in [-0.2, -0.15) is 12.6 Å². The number of hydrogen-bond acceptors (Lipinski definition) is 2. The van der Waals surface area contributed by atoms with Gasteiger partial charge in [0.2, 0.25) is 0 Å². The Morgan fingerprint density at radius 3 is 2.38 bits per heavy atom. The van der Waals surface area contributed by atoms with Crippen molar-refractivity contribution in [1.29, 1.82) is 0 Å². The molecule has 0 aliphatic rings. The molecule has 0 radical (unpaired) electrons. The Morgan fingerprint density at radius 1 is 1.46 bits per heavy atom. The van der Waals surface area contributed by atoms with Crippen molar-refractivity contribution >= 4 is 18.6 Å². The third-order valence-corrected chi connectivity index (χ3v) is 2.12. The number of hydrogen-bond donors (Lipinski definition) is 2. The number of rotatable bonds is 3. The minimum Gasteiger partial charge on any atom is -0.481 e. The molecule has 1 aromatic rings. The third kappa shape index (κ3) is 2.45. The molecule has 1 unspecified atom stereocenters. The summed E-state index contributed by atoms with van der Waals surface area (Å²) < 4.78 is 12.5. The monoisotopic (exact) mass is 200 g/mol. The van der Waals surface area contributed by atoms with Crippen LogP contribution >= 0.6 is 12.6 Å². The Labute approximate surface area is 80.8 Å². The van der Waals surface area contributed by atoms with Crippen LogP contribution in [0.25, 0.3) is 0 Å². The van der Waals surface area contributed by atoms with Crippen LogP contribution in [0.1, 0.15) is 11.5 Å². The number of carbonyl (C=O) groups is 1. The molecule has 0 saturated heterocycles. The smallest absolute Gasteiger partial charge is 0.311 e. The van der Waals surface area contributed by atoms with Crippen LogP contribution in [0, 0.1) is 5.82 Å². The molecule has 0 heterocycles. The fourth-order valence-corrected chi connectivity index (χ4v) is 1.39. The summed E-state index contributed by atoms with van der Waals surface area (Å²) in [6.45, 7) is 0. The van der Waals surface area contributed by atoms with Gasteiger partial charge in [0.05, 0.1) is 5.92 Å². The Kier molecular flexibility index (Phi) is 3.31. The van der Waals surface area contributed by atoms with E-state index < -0.39 is 11.9 Å². The first-order valence-electron chi connectivity index (χ1n) is 3.74. The first-order chi connectivity index (χ1) is 6.15. The van der Waals surface area contributed by atoms with Gasteiger partial charge < -0.3 is 5.11 Å². The number of carboxylic acid groups (broad SMARTS) is 1. The molecule has 0 saturated carbocycles. The normalized spacial score (nSPS) is 12.5. The molecule has 0 spiro atoms. The highest BCUT2D eigenvalue weighted by Crippen LogP contribution is 2.17. The summed E-state index contributed by atoms with van der Waals surface area (Å²) in [6.07, 6.45) is 0.